The lowest BCUT2D eigenvalue weighted by Gasteiger charge is -2.14. The fourth-order valence-corrected chi connectivity index (χ4v) is 3.43. The van der Waals surface area contributed by atoms with Crippen LogP contribution in [-0.2, 0) is 0 Å². The third-order valence-electron chi connectivity index (χ3n) is 4.85. The summed E-state index contributed by atoms with van der Waals surface area (Å²) in [5.74, 6) is 1.23. The first-order valence-corrected chi connectivity index (χ1v) is 10.7. The molecule has 0 amide bonds. The van der Waals surface area contributed by atoms with E-state index in [4.69, 9.17) is 26.6 Å². The fourth-order valence-electron chi connectivity index (χ4n) is 3.24. The van der Waals surface area contributed by atoms with Gasteiger partial charge in [-0.3, -0.25) is 0 Å². The van der Waals surface area contributed by atoms with Crippen molar-refractivity contribution in [2.45, 2.75) is 32.8 Å². The minimum Gasteiger partial charge on any atom is -0.494 e. The molecule has 0 aliphatic carbocycles. The van der Waals surface area contributed by atoms with Crippen LogP contribution in [0.15, 0.2) is 77.0 Å². The Morgan fingerprint density at radius 2 is 2.00 bits per heavy atom. The smallest absolute Gasteiger partial charge is 0.173 e. The molecule has 0 spiro atoms. The zero-order valence-electron chi connectivity index (χ0n) is 17.7. The molecular formula is C25H27ClN2O3. The lowest BCUT2D eigenvalue weighted by Crippen LogP contribution is -2.04. The maximum absolute atomic E-state index is 11.2. The average molecular weight is 439 g/mol. The number of rotatable bonds is 9. The second-order valence-corrected chi connectivity index (χ2v) is 7.52. The molecule has 0 radical (unpaired) electrons. The first kappa shape index (κ1) is 22.7. The Kier molecular flexibility index (Phi) is 7.93. The Balaban J connectivity index is 2.06. The van der Waals surface area contributed by atoms with Crippen LogP contribution in [0.2, 0.25) is 5.02 Å². The standard InChI is InChI=1S/C25H27ClN2O3/c1-3-5-14-30-21-12-10-17(11-13-21)23-22(24(29)19(16-27)7-4-2)25(31-28-23)18-8-6-9-20(26)15-18/h4,6-13,15-16,24,29H,3,5,14,27H2,1-2H3/b7-4-,19-16+. The molecule has 6 heteroatoms. The van der Waals surface area contributed by atoms with Gasteiger partial charge in [-0.1, -0.05) is 54.4 Å². The van der Waals surface area contributed by atoms with Crippen molar-refractivity contribution in [1.82, 2.24) is 5.16 Å². The summed E-state index contributed by atoms with van der Waals surface area (Å²) in [6.07, 6.45) is 6.01. The van der Waals surface area contributed by atoms with Crippen LogP contribution in [0.25, 0.3) is 22.6 Å². The summed E-state index contributed by atoms with van der Waals surface area (Å²) in [7, 11) is 0. The highest BCUT2D eigenvalue weighted by Crippen LogP contribution is 2.40. The van der Waals surface area contributed by atoms with Gasteiger partial charge < -0.3 is 20.1 Å². The predicted molar refractivity (Wildman–Crippen MR) is 125 cm³/mol. The molecule has 2 aromatic carbocycles. The Morgan fingerprint density at radius 3 is 2.65 bits per heavy atom. The number of aliphatic hydroxyl groups is 1. The van der Waals surface area contributed by atoms with Crippen LogP contribution in [0.5, 0.6) is 5.75 Å². The maximum atomic E-state index is 11.2. The highest BCUT2D eigenvalue weighted by Gasteiger charge is 2.27. The zero-order valence-corrected chi connectivity index (χ0v) is 18.5. The SMILES string of the molecule is C/C=C\C(=C/N)C(O)c1c(-c2ccc(OCCCC)cc2)noc1-c1cccc(Cl)c1. The molecule has 1 unspecified atom stereocenters. The summed E-state index contributed by atoms with van der Waals surface area (Å²) >= 11 is 6.18. The van der Waals surface area contributed by atoms with Gasteiger partial charge in [0.1, 0.15) is 17.5 Å². The van der Waals surface area contributed by atoms with Gasteiger partial charge in [-0.25, -0.2) is 0 Å². The third-order valence-corrected chi connectivity index (χ3v) is 5.08. The number of benzene rings is 2. The number of ether oxygens (including phenoxy) is 1. The Morgan fingerprint density at radius 1 is 1.23 bits per heavy atom. The second kappa shape index (κ2) is 10.8. The largest absolute Gasteiger partial charge is 0.494 e. The van der Waals surface area contributed by atoms with Gasteiger partial charge >= 0.3 is 0 Å². The first-order valence-electron chi connectivity index (χ1n) is 10.3. The van der Waals surface area contributed by atoms with E-state index in [1.165, 1.54) is 6.20 Å². The quantitative estimate of drug-likeness (QED) is 0.303. The van der Waals surface area contributed by atoms with E-state index in [1.807, 2.05) is 49.4 Å². The van der Waals surface area contributed by atoms with Gasteiger partial charge in [0, 0.05) is 27.9 Å². The normalized spacial score (nSPS) is 13.0. The molecule has 0 bridgehead atoms. The molecule has 1 atom stereocenters. The molecule has 0 saturated carbocycles. The fraction of sp³-hybridized carbons (Fsp3) is 0.240. The summed E-state index contributed by atoms with van der Waals surface area (Å²) in [4.78, 5) is 0. The van der Waals surface area contributed by atoms with Gasteiger partial charge in [-0.15, -0.1) is 0 Å². The van der Waals surface area contributed by atoms with Crippen molar-refractivity contribution >= 4 is 11.6 Å². The van der Waals surface area contributed by atoms with Crippen molar-refractivity contribution in [1.29, 1.82) is 0 Å². The van der Waals surface area contributed by atoms with Crippen LogP contribution in [0, 0.1) is 0 Å². The van der Waals surface area contributed by atoms with E-state index in [0.717, 1.165) is 29.7 Å². The van der Waals surface area contributed by atoms with E-state index >= 15 is 0 Å². The van der Waals surface area contributed by atoms with Crippen LogP contribution in [0.4, 0.5) is 0 Å². The topological polar surface area (TPSA) is 81.5 Å². The maximum Gasteiger partial charge on any atom is 0.173 e. The van der Waals surface area contributed by atoms with Gasteiger partial charge in [0.05, 0.1) is 12.2 Å². The molecule has 0 aliphatic heterocycles. The lowest BCUT2D eigenvalue weighted by atomic mass is 9.94. The van der Waals surface area contributed by atoms with Crippen molar-refractivity contribution in [2.24, 2.45) is 5.73 Å². The van der Waals surface area contributed by atoms with Crippen molar-refractivity contribution in [3.8, 4) is 28.3 Å². The predicted octanol–water partition coefficient (Wildman–Crippen LogP) is 6.29. The number of unbranched alkanes of at least 4 members (excludes halogenated alkanes) is 1. The number of hydrogen-bond acceptors (Lipinski definition) is 5. The van der Waals surface area contributed by atoms with Gasteiger partial charge in [0.2, 0.25) is 0 Å². The number of aromatic nitrogens is 1. The molecule has 1 aromatic heterocycles. The van der Waals surface area contributed by atoms with Gasteiger partial charge in [-0.05, 0) is 49.7 Å². The molecule has 1 heterocycles. The zero-order chi connectivity index (χ0) is 22.2. The van der Waals surface area contributed by atoms with Crippen molar-refractivity contribution in [3.05, 3.63) is 83.0 Å². The number of allylic oxidation sites excluding steroid dienone is 1. The molecule has 0 saturated heterocycles. The number of nitrogens with two attached hydrogens (primary N) is 1. The summed E-state index contributed by atoms with van der Waals surface area (Å²) in [6.45, 7) is 4.66. The molecular weight excluding hydrogens is 412 g/mol. The van der Waals surface area contributed by atoms with Crippen LogP contribution >= 0.6 is 11.6 Å². The van der Waals surface area contributed by atoms with Gasteiger partial charge in [0.15, 0.2) is 5.76 Å². The van der Waals surface area contributed by atoms with Crippen LogP contribution in [-0.4, -0.2) is 16.9 Å². The third kappa shape index (κ3) is 5.37. The summed E-state index contributed by atoms with van der Waals surface area (Å²) in [6, 6.07) is 14.8. The Labute approximate surface area is 187 Å². The number of nitrogens with zero attached hydrogens (tertiary/aromatic N) is 1. The first-order chi connectivity index (χ1) is 15.1. The van der Waals surface area contributed by atoms with E-state index in [-0.39, 0.29) is 0 Å². The molecule has 3 N–H and O–H groups in total. The molecule has 5 nitrogen and oxygen atoms in total. The Bertz CT molecular complexity index is 1050. The number of aliphatic hydroxyl groups excluding tert-OH is 1. The molecule has 31 heavy (non-hydrogen) atoms. The number of hydrogen-bond donors (Lipinski definition) is 2. The van der Waals surface area contributed by atoms with E-state index in [9.17, 15) is 5.11 Å². The molecule has 3 aromatic rings. The van der Waals surface area contributed by atoms with Crippen LogP contribution in [0.3, 0.4) is 0 Å². The van der Waals surface area contributed by atoms with Crippen molar-refractivity contribution < 1.29 is 14.4 Å². The molecule has 162 valence electrons. The van der Waals surface area contributed by atoms with E-state index in [1.54, 1.807) is 18.2 Å². The average Bonchev–Trinajstić information content (AvgIpc) is 3.23. The Hall–Kier alpha value is -3.02. The molecule has 0 fully saturated rings. The molecule has 3 rings (SSSR count). The van der Waals surface area contributed by atoms with Gasteiger partial charge in [0.25, 0.3) is 0 Å². The van der Waals surface area contributed by atoms with Crippen molar-refractivity contribution in [2.75, 3.05) is 6.61 Å². The summed E-state index contributed by atoms with van der Waals surface area (Å²) in [5.41, 5.74) is 8.89. The second-order valence-electron chi connectivity index (χ2n) is 7.08. The van der Waals surface area contributed by atoms with E-state index in [0.29, 0.717) is 34.2 Å². The van der Waals surface area contributed by atoms with Crippen molar-refractivity contribution in [3.63, 3.8) is 0 Å². The van der Waals surface area contributed by atoms with Gasteiger partial charge in [-0.2, -0.15) is 0 Å². The van der Waals surface area contributed by atoms with E-state index in [2.05, 4.69) is 12.1 Å². The monoisotopic (exact) mass is 438 g/mol. The molecule has 0 aliphatic rings. The van der Waals surface area contributed by atoms with Crippen LogP contribution < -0.4 is 10.5 Å². The highest BCUT2D eigenvalue weighted by atomic mass is 35.5. The minimum atomic E-state index is -1.03. The lowest BCUT2D eigenvalue weighted by molar-refractivity contribution is 0.219. The summed E-state index contributed by atoms with van der Waals surface area (Å²) < 4.78 is 11.5. The number of halogens is 1. The summed E-state index contributed by atoms with van der Waals surface area (Å²) in [5, 5.41) is 16.0. The van der Waals surface area contributed by atoms with Crippen LogP contribution in [0.1, 0.15) is 38.4 Å². The minimum absolute atomic E-state index is 0.442. The highest BCUT2D eigenvalue weighted by molar-refractivity contribution is 6.30. The van der Waals surface area contributed by atoms with E-state index < -0.39 is 6.10 Å².